The lowest BCUT2D eigenvalue weighted by molar-refractivity contribution is -0.240. The molecule has 4 saturated heterocycles. The van der Waals surface area contributed by atoms with E-state index in [9.17, 15) is 35.1 Å². The highest BCUT2D eigenvalue weighted by atomic mass is 16.8. The Morgan fingerprint density at radius 2 is 1.65 bits per heavy atom. The largest absolute Gasteiger partial charge is 0.456 e. The van der Waals surface area contributed by atoms with Crippen LogP contribution in [0.15, 0.2) is 0 Å². The predicted molar refractivity (Wildman–Crippen MR) is 94.4 cm³/mol. The summed E-state index contributed by atoms with van der Waals surface area (Å²) in [6.07, 6.45) is -10.9. The molecule has 0 amide bonds. The van der Waals surface area contributed by atoms with Gasteiger partial charge in [0.1, 0.15) is 17.8 Å². The van der Waals surface area contributed by atoms with Crippen LogP contribution in [-0.2, 0) is 28.5 Å². The number of ether oxygens (including phenoxy) is 4. The monoisotopic (exact) mass is 442 g/mol. The van der Waals surface area contributed by atoms with E-state index in [0.717, 1.165) is 0 Å². The summed E-state index contributed by atoms with van der Waals surface area (Å²) in [5.41, 5.74) is -9.15. The fraction of sp³-hybridized carbons (Fsp3) is 0.900. The maximum absolute atomic E-state index is 13.4. The highest BCUT2D eigenvalue weighted by Crippen LogP contribution is 2.84. The fourth-order valence-corrected chi connectivity index (χ4v) is 8.40. The van der Waals surface area contributed by atoms with Gasteiger partial charge in [0.05, 0.1) is 23.0 Å². The lowest BCUT2D eigenvalue weighted by atomic mass is 9.51. The fourth-order valence-electron chi connectivity index (χ4n) is 8.40. The molecule has 0 bridgehead atoms. The minimum absolute atomic E-state index is 0.774. The Labute approximate surface area is 176 Å². The van der Waals surface area contributed by atoms with Crippen LogP contribution in [0.3, 0.4) is 0 Å². The number of esters is 2. The predicted octanol–water partition coefficient (Wildman–Crippen LogP) is -2.61. The van der Waals surface area contributed by atoms with Crippen molar-refractivity contribution in [2.24, 2.45) is 28.1 Å². The molecule has 2 aliphatic carbocycles. The van der Waals surface area contributed by atoms with Crippen molar-refractivity contribution in [3.63, 3.8) is 0 Å². The van der Waals surface area contributed by atoms with E-state index in [1.807, 2.05) is 0 Å². The third-order valence-corrected chi connectivity index (χ3v) is 9.10. The summed E-state index contributed by atoms with van der Waals surface area (Å²) >= 11 is 0. The third-order valence-electron chi connectivity index (χ3n) is 9.10. The van der Waals surface area contributed by atoms with Crippen molar-refractivity contribution in [2.45, 2.75) is 82.0 Å². The molecule has 4 aliphatic heterocycles. The van der Waals surface area contributed by atoms with Crippen LogP contribution in [0.1, 0.15) is 27.7 Å². The first-order chi connectivity index (χ1) is 14.3. The van der Waals surface area contributed by atoms with Gasteiger partial charge in [0.25, 0.3) is 0 Å². The second-order valence-corrected chi connectivity index (χ2v) is 10.9. The van der Waals surface area contributed by atoms with Gasteiger partial charge in [-0.15, -0.1) is 0 Å². The second-order valence-electron chi connectivity index (χ2n) is 10.9. The molecule has 5 N–H and O–H groups in total. The van der Waals surface area contributed by atoms with E-state index in [1.165, 1.54) is 6.92 Å². The molecule has 11 nitrogen and oxygen atoms in total. The molecule has 4 heterocycles. The lowest BCUT2D eigenvalue weighted by Crippen LogP contribution is -2.67. The molecule has 172 valence electrons. The normalized spacial score (nSPS) is 63.6. The Bertz CT molecular complexity index is 915. The molecule has 11 heteroatoms. The van der Waals surface area contributed by atoms with E-state index in [4.69, 9.17) is 18.9 Å². The summed E-state index contributed by atoms with van der Waals surface area (Å²) in [6, 6.07) is 0. The van der Waals surface area contributed by atoms with Crippen LogP contribution in [0.4, 0.5) is 0 Å². The van der Waals surface area contributed by atoms with Gasteiger partial charge in [0.2, 0.25) is 11.9 Å². The number of carbonyl (C=O) groups is 2. The molecule has 0 aromatic rings. The number of aliphatic hydroxyl groups is 5. The molecule has 13 atom stereocenters. The molecule has 0 aromatic carbocycles. The SMILES string of the molecule is C[C@@H]1C(O)OC2C(O)C34C5OC(=O)[C@]3(O[C@@H]3OC(=O)[C@H](O)C34C(C(C)(C)C)[C@H]5O)[C@]21O. The smallest absolute Gasteiger partial charge is 0.343 e. The highest BCUT2D eigenvalue weighted by molar-refractivity contribution is 5.91. The second kappa shape index (κ2) is 5.09. The van der Waals surface area contributed by atoms with E-state index in [0.29, 0.717) is 0 Å². The van der Waals surface area contributed by atoms with Gasteiger partial charge in [-0.05, 0) is 5.41 Å². The third kappa shape index (κ3) is 1.50. The summed E-state index contributed by atoms with van der Waals surface area (Å²) in [6.45, 7) is 6.77. The van der Waals surface area contributed by atoms with Crippen LogP contribution in [-0.4, -0.2) is 91.8 Å². The summed E-state index contributed by atoms with van der Waals surface area (Å²) < 4.78 is 22.5. The Hall–Kier alpha value is -1.34. The van der Waals surface area contributed by atoms with Crippen LogP contribution in [0, 0.1) is 28.1 Å². The zero-order chi connectivity index (χ0) is 22.7. The van der Waals surface area contributed by atoms with Crippen LogP contribution < -0.4 is 0 Å². The Morgan fingerprint density at radius 1 is 1.00 bits per heavy atom. The van der Waals surface area contributed by atoms with Gasteiger partial charge in [0, 0.05) is 11.8 Å². The molecule has 2 spiro atoms. The van der Waals surface area contributed by atoms with Gasteiger partial charge in [-0.1, -0.05) is 27.7 Å². The average Bonchev–Trinajstić information content (AvgIpc) is 3.35. The summed E-state index contributed by atoms with van der Waals surface area (Å²) in [5.74, 6) is -4.11. The first-order valence-electron chi connectivity index (χ1n) is 10.5. The van der Waals surface area contributed by atoms with Gasteiger partial charge < -0.3 is 44.5 Å². The first-order valence-corrected chi connectivity index (χ1v) is 10.5. The molecule has 0 radical (unpaired) electrons. The number of aliphatic hydroxyl groups excluding tert-OH is 4. The summed E-state index contributed by atoms with van der Waals surface area (Å²) in [4.78, 5) is 26.0. The van der Waals surface area contributed by atoms with E-state index in [2.05, 4.69) is 0 Å². The van der Waals surface area contributed by atoms with Gasteiger partial charge >= 0.3 is 11.9 Å². The zero-order valence-corrected chi connectivity index (χ0v) is 17.4. The molecule has 2 saturated carbocycles. The zero-order valence-electron chi connectivity index (χ0n) is 17.4. The Morgan fingerprint density at radius 3 is 2.26 bits per heavy atom. The van der Waals surface area contributed by atoms with E-state index in [-0.39, 0.29) is 0 Å². The van der Waals surface area contributed by atoms with Crippen molar-refractivity contribution >= 4 is 11.9 Å². The van der Waals surface area contributed by atoms with Crippen molar-refractivity contribution < 1.29 is 54.1 Å². The summed E-state index contributed by atoms with van der Waals surface area (Å²) in [5, 5.41) is 56.5. The standard InChI is InChI=1S/C20H26O11/c1-5-12(24)28-11-8(22)18-10-6(21)7(16(2,3)4)17(18)9(23)13(25)30-15(17)31-20(18,14(26)29-10)19(5,11)27/h5-12,15,21-24,27H,1-4H3/t5-,6-,7?,8?,9+,10?,11?,12?,15+,17?,18?,19-,20-/m1/s1. The molecule has 6 rings (SSSR count). The van der Waals surface area contributed by atoms with Crippen molar-refractivity contribution in [3.05, 3.63) is 0 Å². The van der Waals surface area contributed by atoms with Crippen LogP contribution in [0.5, 0.6) is 0 Å². The molecule has 6 aliphatic rings. The van der Waals surface area contributed by atoms with Gasteiger partial charge in [-0.3, -0.25) is 0 Å². The van der Waals surface area contributed by atoms with Crippen LogP contribution in [0.2, 0.25) is 0 Å². The molecule has 31 heavy (non-hydrogen) atoms. The molecule has 0 aromatic heterocycles. The van der Waals surface area contributed by atoms with Gasteiger partial charge in [0.15, 0.2) is 12.4 Å². The molecular formula is C20H26O11. The van der Waals surface area contributed by atoms with Crippen molar-refractivity contribution in [3.8, 4) is 0 Å². The first kappa shape index (κ1) is 20.3. The quantitative estimate of drug-likeness (QED) is 0.249. The van der Waals surface area contributed by atoms with Crippen LogP contribution in [0.25, 0.3) is 0 Å². The molecule has 6 fully saturated rings. The number of hydrogen-bond acceptors (Lipinski definition) is 11. The maximum atomic E-state index is 13.4. The van der Waals surface area contributed by atoms with E-state index < -0.39 is 94.3 Å². The summed E-state index contributed by atoms with van der Waals surface area (Å²) in [7, 11) is 0. The van der Waals surface area contributed by atoms with Gasteiger partial charge in [-0.2, -0.15) is 0 Å². The average molecular weight is 442 g/mol. The van der Waals surface area contributed by atoms with Crippen molar-refractivity contribution in [1.82, 2.24) is 0 Å². The van der Waals surface area contributed by atoms with E-state index in [1.54, 1.807) is 20.8 Å². The van der Waals surface area contributed by atoms with Crippen molar-refractivity contribution in [2.75, 3.05) is 0 Å². The van der Waals surface area contributed by atoms with Gasteiger partial charge in [-0.25, -0.2) is 9.59 Å². The lowest BCUT2D eigenvalue weighted by Gasteiger charge is -2.47. The number of rotatable bonds is 0. The minimum Gasteiger partial charge on any atom is -0.456 e. The molecular weight excluding hydrogens is 416 g/mol. The Kier molecular flexibility index (Phi) is 3.33. The topological polar surface area (TPSA) is 172 Å². The minimum atomic E-state index is -2.33. The van der Waals surface area contributed by atoms with Crippen LogP contribution >= 0.6 is 0 Å². The number of carbonyl (C=O) groups excluding carboxylic acids is 2. The van der Waals surface area contributed by atoms with E-state index >= 15 is 0 Å². The molecule has 7 unspecified atom stereocenters. The Balaban J connectivity index is 1.74. The maximum Gasteiger partial charge on any atom is 0.343 e. The number of fused-ring (bicyclic) bond motifs is 1. The number of hydrogen-bond donors (Lipinski definition) is 5. The van der Waals surface area contributed by atoms with Crippen molar-refractivity contribution in [1.29, 1.82) is 0 Å². The highest BCUT2D eigenvalue weighted by Gasteiger charge is 3.04.